The van der Waals surface area contributed by atoms with Crippen LogP contribution in [0.4, 0.5) is 4.39 Å². The van der Waals surface area contributed by atoms with Crippen LogP contribution in [0.5, 0.6) is 0 Å². The highest BCUT2D eigenvalue weighted by atomic mass is 19.1. The van der Waals surface area contributed by atoms with Gasteiger partial charge in [-0.2, -0.15) is 0 Å². The topological polar surface area (TPSA) is 3.24 Å². The van der Waals surface area contributed by atoms with E-state index in [-0.39, 0.29) is 5.82 Å². The van der Waals surface area contributed by atoms with E-state index in [9.17, 15) is 4.39 Å². The van der Waals surface area contributed by atoms with Crippen molar-refractivity contribution in [3.63, 3.8) is 0 Å². The molecule has 0 N–H and O–H groups in total. The van der Waals surface area contributed by atoms with Gasteiger partial charge in [-0.05, 0) is 50.4 Å². The van der Waals surface area contributed by atoms with Gasteiger partial charge in [-0.15, -0.1) is 0 Å². The largest absolute Gasteiger partial charge is 0.299 e. The van der Waals surface area contributed by atoms with E-state index in [0.717, 1.165) is 12.5 Å². The minimum Gasteiger partial charge on any atom is -0.299 e. The molecule has 1 aromatic carbocycles. The summed E-state index contributed by atoms with van der Waals surface area (Å²) in [6.45, 7) is 3.19. The molecule has 2 rings (SSSR count). The molecule has 82 valence electrons. The third kappa shape index (κ3) is 2.78. The zero-order valence-corrected chi connectivity index (χ0v) is 9.41. The average Bonchev–Trinajstić information content (AvgIpc) is 3.04. The van der Waals surface area contributed by atoms with Crippen molar-refractivity contribution in [3.05, 3.63) is 35.6 Å². The van der Waals surface area contributed by atoms with Gasteiger partial charge in [-0.3, -0.25) is 4.90 Å². The Morgan fingerprint density at radius 2 is 1.93 bits per heavy atom. The summed E-state index contributed by atoms with van der Waals surface area (Å²) in [6, 6.07) is 7.45. The first-order valence-corrected chi connectivity index (χ1v) is 5.61. The Labute approximate surface area is 90.9 Å². The summed E-state index contributed by atoms with van der Waals surface area (Å²) in [6.07, 6.45) is 2.74. The van der Waals surface area contributed by atoms with E-state index in [2.05, 4.69) is 18.9 Å². The molecule has 0 aliphatic heterocycles. The van der Waals surface area contributed by atoms with E-state index >= 15 is 0 Å². The van der Waals surface area contributed by atoms with Crippen molar-refractivity contribution in [2.75, 3.05) is 7.05 Å². The Morgan fingerprint density at radius 1 is 1.33 bits per heavy atom. The lowest BCUT2D eigenvalue weighted by Gasteiger charge is -2.24. The molecule has 15 heavy (non-hydrogen) atoms. The van der Waals surface area contributed by atoms with Crippen LogP contribution in [0.25, 0.3) is 0 Å². The van der Waals surface area contributed by atoms with Crippen LogP contribution in [0.2, 0.25) is 0 Å². The molecule has 1 aliphatic carbocycles. The van der Waals surface area contributed by atoms with Crippen molar-refractivity contribution in [3.8, 4) is 0 Å². The monoisotopic (exact) mass is 207 g/mol. The summed E-state index contributed by atoms with van der Waals surface area (Å²) in [4.78, 5) is 2.35. The predicted octanol–water partition coefficient (Wildman–Crippen LogP) is 3.06. The molecule has 1 nitrogen and oxygen atoms in total. The molecule has 1 aromatic rings. The van der Waals surface area contributed by atoms with Crippen LogP contribution >= 0.6 is 0 Å². The highest BCUT2D eigenvalue weighted by molar-refractivity contribution is 5.16. The summed E-state index contributed by atoms with van der Waals surface area (Å²) >= 11 is 0. The van der Waals surface area contributed by atoms with E-state index < -0.39 is 0 Å². The van der Waals surface area contributed by atoms with Gasteiger partial charge in [0.25, 0.3) is 0 Å². The Kier molecular flexibility index (Phi) is 3.06. The van der Waals surface area contributed by atoms with Crippen molar-refractivity contribution in [1.29, 1.82) is 0 Å². The number of hydrogen-bond acceptors (Lipinski definition) is 1. The lowest BCUT2D eigenvalue weighted by Crippen LogP contribution is -2.30. The van der Waals surface area contributed by atoms with E-state index in [1.165, 1.54) is 30.5 Å². The average molecular weight is 207 g/mol. The first kappa shape index (κ1) is 10.6. The molecule has 0 aromatic heterocycles. The zero-order valence-electron chi connectivity index (χ0n) is 9.41. The van der Waals surface area contributed by atoms with Crippen LogP contribution in [0, 0.1) is 11.7 Å². The molecular formula is C13H18FN. The van der Waals surface area contributed by atoms with Crippen molar-refractivity contribution >= 4 is 0 Å². The maximum atomic E-state index is 12.7. The molecule has 0 radical (unpaired) electrons. The Hall–Kier alpha value is -0.890. The van der Waals surface area contributed by atoms with Gasteiger partial charge in [-0.1, -0.05) is 12.1 Å². The molecule has 0 heterocycles. The number of benzene rings is 1. The van der Waals surface area contributed by atoms with Crippen LogP contribution in [0.1, 0.15) is 25.3 Å². The molecule has 0 bridgehead atoms. The lowest BCUT2D eigenvalue weighted by atomic mass is 10.1. The van der Waals surface area contributed by atoms with Gasteiger partial charge < -0.3 is 0 Å². The smallest absolute Gasteiger partial charge is 0.123 e. The Bertz CT molecular complexity index is 316. The van der Waals surface area contributed by atoms with E-state index in [1.54, 1.807) is 0 Å². The second kappa shape index (κ2) is 4.31. The number of rotatable bonds is 4. The van der Waals surface area contributed by atoms with Gasteiger partial charge in [0, 0.05) is 12.6 Å². The van der Waals surface area contributed by atoms with Crippen LogP contribution in [0.3, 0.4) is 0 Å². The van der Waals surface area contributed by atoms with Gasteiger partial charge in [0.2, 0.25) is 0 Å². The van der Waals surface area contributed by atoms with Crippen LogP contribution in [-0.2, 0) is 6.54 Å². The second-order valence-corrected chi connectivity index (χ2v) is 4.62. The maximum absolute atomic E-state index is 12.7. The van der Waals surface area contributed by atoms with Crippen molar-refractivity contribution in [2.24, 2.45) is 5.92 Å². The Morgan fingerprint density at radius 3 is 2.47 bits per heavy atom. The minimum atomic E-state index is -0.156. The molecule has 1 aliphatic rings. The highest BCUT2D eigenvalue weighted by Crippen LogP contribution is 2.35. The maximum Gasteiger partial charge on any atom is 0.123 e. The van der Waals surface area contributed by atoms with Gasteiger partial charge in [0.05, 0.1) is 0 Å². The predicted molar refractivity (Wildman–Crippen MR) is 60.1 cm³/mol. The summed E-state index contributed by atoms with van der Waals surface area (Å²) < 4.78 is 12.7. The summed E-state index contributed by atoms with van der Waals surface area (Å²) in [7, 11) is 2.15. The van der Waals surface area contributed by atoms with Crippen molar-refractivity contribution in [2.45, 2.75) is 32.4 Å². The van der Waals surface area contributed by atoms with Crippen LogP contribution in [-0.4, -0.2) is 18.0 Å². The standard InChI is InChI=1S/C13H18FN/c1-10(12-5-6-12)15(2)9-11-3-7-13(14)8-4-11/h3-4,7-8,10,12H,5-6,9H2,1-2H3. The minimum absolute atomic E-state index is 0.156. The highest BCUT2D eigenvalue weighted by Gasteiger charge is 2.30. The van der Waals surface area contributed by atoms with Crippen LogP contribution < -0.4 is 0 Å². The van der Waals surface area contributed by atoms with Crippen LogP contribution in [0.15, 0.2) is 24.3 Å². The molecule has 0 saturated heterocycles. The van der Waals surface area contributed by atoms with Crippen molar-refractivity contribution in [1.82, 2.24) is 4.90 Å². The first-order chi connectivity index (χ1) is 7.16. The molecule has 2 heteroatoms. The molecule has 0 spiro atoms. The molecule has 1 fully saturated rings. The molecular weight excluding hydrogens is 189 g/mol. The molecule has 1 unspecified atom stereocenters. The zero-order chi connectivity index (χ0) is 10.8. The molecule has 1 saturated carbocycles. The lowest BCUT2D eigenvalue weighted by molar-refractivity contribution is 0.226. The van der Waals surface area contributed by atoms with Gasteiger partial charge in [-0.25, -0.2) is 4.39 Å². The number of halogens is 1. The summed E-state index contributed by atoms with van der Waals surface area (Å²) in [5.74, 6) is 0.729. The Balaban J connectivity index is 1.92. The fourth-order valence-electron chi connectivity index (χ4n) is 1.96. The molecule has 0 amide bonds. The summed E-state index contributed by atoms with van der Waals surface area (Å²) in [5, 5.41) is 0. The van der Waals surface area contributed by atoms with Gasteiger partial charge in [0.15, 0.2) is 0 Å². The molecule has 1 atom stereocenters. The third-order valence-electron chi connectivity index (χ3n) is 3.34. The van der Waals surface area contributed by atoms with Crippen molar-refractivity contribution < 1.29 is 4.39 Å². The third-order valence-corrected chi connectivity index (χ3v) is 3.34. The van der Waals surface area contributed by atoms with E-state index in [0.29, 0.717) is 6.04 Å². The van der Waals surface area contributed by atoms with Gasteiger partial charge >= 0.3 is 0 Å². The normalized spacial score (nSPS) is 18.1. The number of nitrogens with zero attached hydrogens (tertiary/aromatic N) is 1. The quantitative estimate of drug-likeness (QED) is 0.733. The first-order valence-electron chi connectivity index (χ1n) is 5.61. The van der Waals surface area contributed by atoms with Gasteiger partial charge in [0.1, 0.15) is 5.82 Å². The van der Waals surface area contributed by atoms with E-state index in [4.69, 9.17) is 0 Å². The SMILES string of the molecule is CC(C1CC1)N(C)Cc1ccc(F)cc1. The number of hydrogen-bond donors (Lipinski definition) is 0. The van der Waals surface area contributed by atoms with E-state index in [1.807, 2.05) is 12.1 Å². The fraction of sp³-hybridized carbons (Fsp3) is 0.538. The second-order valence-electron chi connectivity index (χ2n) is 4.62. The fourth-order valence-corrected chi connectivity index (χ4v) is 1.96. The summed E-state index contributed by atoms with van der Waals surface area (Å²) in [5.41, 5.74) is 1.19.